The topological polar surface area (TPSA) is 96.2 Å². The highest BCUT2D eigenvalue weighted by atomic mass is 16.2. The quantitative estimate of drug-likeness (QED) is 0.597. The smallest absolute Gasteiger partial charge is 0.323 e. The molecule has 0 fully saturated rings. The fourth-order valence-corrected chi connectivity index (χ4v) is 2.58. The number of hydrogen-bond donors (Lipinski definition) is 4. The van der Waals surface area contributed by atoms with Crippen LogP contribution in [-0.4, -0.2) is 18.0 Å². The van der Waals surface area contributed by atoms with Crippen molar-refractivity contribution in [2.45, 2.75) is 39.3 Å². The van der Waals surface area contributed by atoms with Crippen LogP contribution in [0.2, 0.25) is 0 Å². The van der Waals surface area contributed by atoms with Crippen molar-refractivity contribution in [2.75, 3.05) is 10.6 Å². The van der Waals surface area contributed by atoms with Gasteiger partial charge >= 0.3 is 6.03 Å². The summed E-state index contributed by atoms with van der Waals surface area (Å²) in [6, 6.07) is 15.6. The summed E-state index contributed by atoms with van der Waals surface area (Å²) >= 11 is 0. The van der Waals surface area contributed by atoms with Gasteiger partial charge in [-0.25, -0.2) is 4.79 Å². The van der Waals surface area contributed by atoms with E-state index in [4.69, 9.17) is 5.73 Å². The van der Waals surface area contributed by atoms with Crippen LogP contribution in [0, 0.1) is 5.92 Å². The molecule has 2 rings (SSSR count). The molecule has 0 bridgehead atoms. The van der Waals surface area contributed by atoms with E-state index in [9.17, 15) is 9.59 Å². The highest BCUT2D eigenvalue weighted by Gasteiger charge is 2.21. The van der Waals surface area contributed by atoms with Crippen LogP contribution in [-0.2, 0) is 4.79 Å². The van der Waals surface area contributed by atoms with Gasteiger partial charge in [-0.3, -0.25) is 4.79 Å². The molecule has 0 saturated heterocycles. The number of nitrogens with two attached hydrogens (primary N) is 1. The summed E-state index contributed by atoms with van der Waals surface area (Å²) in [6.07, 6.45) is 0.856. The third kappa shape index (κ3) is 6.11. The molecule has 3 amide bonds. The summed E-state index contributed by atoms with van der Waals surface area (Å²) in [7, 11) is 0. The van der Waals surface area contributed by atoms with Crippen LogP contribution in [0.3, 0.4) is 0 Å². The molecule has 2 aromatic rings. The average Bonchev–Trinajstić information content (AvgIpc) is 2.67. The second kappa shape index (κ2) is 9.73. The minimum absolute atomic E-state index is 0.131. The first kappa shape index (κ1) is 20.5. The fraction of sp³-hybridized carbons (Fsp3) is 0.333. The Morgan fingerprint density at radius 2 is 1.48 bits per heavy atom. The molecule has 144 valence electrons. The number of anilines is 2. The lowest BCUT2D eigenvalue weighted by Crippen LogP contribution is -2.45. The van der Waals surface area contributed by atoms with Gasteiger partial charge in [0.25, 0.3) is 0 Å². The number of rotatable bonds is 7. The number of carbonyl (C=O) groups is 2. The van der Waals surface area contributed by atoms with Crippen molar-refractivity contribution in [3.8, 4) is 0 Å². The molecular weight excluding hydrogens is 340 g/mol. The molecule has 27 heavy (non-hydrogen) atoms. The monoisotopic (exact) mass is 368 g/mol. The van der Waals surface area contributed by atoms with Gasteiger partial charge in [0, 0.05) is 11.4 Å². The molecule has 0 aliphatic carbocycles. The second-order valence-electron chi connectivity index (χ2n) is 6.71. The second-order valence-corrected chi connectivity index (χ2v) is 6.71. The molecule has 0 saturated carbocycles. The Morgan fingerprint density at radius 3 is 2.04 bits per heavy atom. The van der Waals surface area contributed by atoms with Crippen LogP contribution in [0.4, 0.5) is 16.2 Å². The number of para-hydroxylation sites is 1. The Labute approximate surface area is 160 Å². The zero-order valence-electron chi connectivity index (χ0n) is 16.0. The van der Waals surface area contributed by atoms with Crippen LogP contribution in [0.1, 0.15) is 38.8 Å². The maximum absolute atomic E-state index is 12.2. The molecule has 0 aliphatic heterocycles. The van der Waals surface area contributed by atoms with Gasteiger partial charge in [-0.1, -0.05) is 50.6 Å². The van der Waals surface area contributed by atoms with E-state index in [0.29, 0.717) is 5.69 Å². The Kier molecular flexibility index (Phi) is 7.37. The van der Waals surface area contributed by atoms with Crippen LogP contribution < -0.4 is 21.7 Å². The molecule has 0 aliphatic rings. The molecule has 3 unspecified atom stereocenters. The van der Waals surface area contributed by atoms with E-state index in [2.05, 4.69) is 16.0 Å². The summed E-state index contributed by atoms with van der Waals surface area (Å²) in [6.45, 7) is 5.89. The van der Waals surface area contributed by atoms with Crippen molar-refractivity contribution in [1.29, 1.82) is 0 Å². The van der Waals surface area contributed by atoms with E-state index in [1.54, 1.807) is 12.1 Å². The lowest BCUT2D eigenvalue weighted by Gasteiger charge is -2.21. The summed E-state index contributed by atoms with van der Waals surface area (Å²) in [5, 5.41) is 8.48. The number of nitrogens with one attached hydrogen (secondary N) is 3. The standard InChI is InChI=1S/C21H28N4O2/c1-4-14(2)19(22)20(26)23-15(3)16-10-12-18(13-11-16)25-21(27)24-17-8-6-5-7-9-17/h5-15,19H,4,22H2,1-3H3,(H,23,26)(H2,24,25,27). The highest BCUT2D eigenvalue weighted by Crippen LogP contribution is 2.17. The van der Waals surface area contributed by atoms with E-state index < -0.39 is 6.04 Å². The minimum Gasteiger partial charge on any atom is -0.348 e. The molecule has 0 heterocycles. The van der Waals surface area contributed by atoms with Gasteiger partial charge in [0.1, 0.15) is 0 Å². The largest absolute Gasteiger partial charge is 0.348 e. The summed E-state index contributed by atoms with van der Waals surface area (Å²) < 4.78 is 0. The lowest BCUT2D eigenvalue weighted by molar-refractivity contribution is -0.124. The van der Waals surface area contributed by atoms with Crippen molar-refractivity contribution in [3.05, 3.63) is 60.2 Å². The van der Waals surface area contributed by atoms with Crippen LogP contribution in [0.5, 0.6) is 0 Å². The Bertz CT molecular complexity index is 747. The first-order chi connectivity index (χ1) is 12.9. The van der Waals surface area contributed by atoms with Gasteiger partial charge in [-0.05, 0) is 42.7 Å². The highest BCUT2D eigenvalue weighted by molar-refractivity contribution is 5.99. The van der Waals surface area contributed by atoms with E-state index in [1.165, 1.54) is 0 Å². The van der Waals surface area contributed by atoms with Gasteiger partial charge in [-0.15, -0.1) is 0 Å². The van der Waals surface area contributed by atoms with E-state index in [1.807, 2.05) is 63.2 Å². The number of benzene rings is 2. The summed E-state index contributed by atoms with van der Waals surface area (Å²) in [5.74, 6) is -0.0202. The van der Waals surface area contributed by atoms with Gasteiger partial charge in [0.05, 0.1) is 12.1 Å². The number of amides is 3. The zero-order valence-corrected chi connectivity index (χ0v) is 16.0. The molecule has 5 N–H and O–H groups in total. The third-order valence-corrected chi connectivity index (χ3v) is 4.62. The van der Waals surface area contributed by atoms with Gasteiger partial charge in [0.15, 0.2) is 0 Å². The van der Waals surface area contributed by atoms with Gasteiger partial charge < -0.3 is 21.7 Å². The molecular formula is C21H28N4O2. The maximum atomic E-state index is 12.2. The first-order valence-electron chi connectivity index (χ1n) is 9.19. The maximum Gasteiger partial charge on any atom is 0.323 e. The normalized spacial score (nSPS) is 13.9. The van der Waals surface area contributed by atoms with Crippen LogP contribution >= 0.6 is 0 Å². The van der Waals surface area contributed by atoms with Gasteiger partial charge in [-0.2, -0.15) is 0 Å². The predicted octanol–water partition coefficient (Wildman–Crippen LogP) is 3.88. The first-order valence-corrected chi connectivity index (χ1v) is 9.19. The summed E-state index contributed by atoms with van der Waals surface area (Å²) in [5.41, 5.74) is 8.30. The minimum atomic E-state index is -0.514. The Morgan fingerprint density at radius 1 is 0.926 bits per heavy atom. The molecule has 6 heteroatoms. The zero-order chi connectivity index (χ0) is 19.8. The van der Waals surface area contributed by atoms with E-state index in [0.717, 1.165) is 17.7 Å². The van der Waals surface area contributed by atoms with Crippen LogP contribution in [0.15, 0.2) is 54.6 Å². The predicted molar refractivity (Wildman–Crippen MR) is 110 cm³/mol. The van der Waals surface area contributed by atoms with E-state index >= 15 is 0 Å². The summed E-state index contributed by atoms with van der Waals surface area (Å²) in [4.78, 5) is 24.2. The van der Waals surface area contributed by atoms with Crippen LogP contribution in [0.25, 0.3) is 0 Å². The SMILES string of the molecule is CCC(C)C(N)C(=O)NC(C)c1ccc(NC(=O)Nc2ccccc2)cc1. The van der Waals surface area contributed by atoms with Gasteiger partial charge in [0.2, 0.25) is 5.91 Å². The Balaban J connectivity index is 1.90. The van der Waals surface area contributed by atoms with Crippen molar-refractivity contribution < 1.29 is 9.59 Å². The molecule has 0 aromatic heterocycles. The van der Waals surface area contributed by atoms with E-state index in [-0.39, 0.29) is 23.9 Å². The fourth-order valence-electron chi connectivity index (χ4n) is 2.58. The lowest BCUT2D eigenvalue weighted by atomic mass is 9.98. The molecule has 0 spiro atoms. The molecule has 0 radical (unpaired) electrons. The number of carbonyl (C=O) groups excluding carboxylic acids is 2. The molecule has 2 aromatic carbocycles. The van der Waals surface area contributed by atoms with Crippen molar-refractivity contribution in [3.63, 3.8) is 0 Å². The van der Waals surface area contributed by atoms with Crippen molar-refractivity contribution in [1.82, 2.24) is 5.32 Å². The Hall–Kier alpha value is -2.86. The molecule has 6 nitrogen and oxygen atoms in total. The average molecular weight is 368 g/mol. The number of hydrogen-bond acceptors (Lipinski definition) is 3. The van der Waals surface area contributed by atoms with Crippen molar-refractivity contribution >= 4 is 23.3 Å². The molecule has 3 atom stereocenters. The van der Waals surface area contributed by atoms with Crippen molar-refractivity contribution in [2.24, 2.45) is 11.7 Å². The number of urea groups is 1. The third-order valence-electron chi connectivity index (χ3n) is 4.62.